The third-order valence-corrected chi connectivity index (χ3v) is 2.72. The van der Waals surface area contributed by atoms with Crippen molar-refractivity contribution < 1.29 is 14.7 Å². The molecule has 2 amide bonds. The monoisotopic (exact) mass is 224 g/mol. The molecule has 0 aromatic rings. The number of rotatable bonds is 2. The summed E-state index contributed by atoms with van der Waals surface area (Å²) in [5.41, 5.74) is 0. The second kappa shape index (κ2) is 5.40. The fourth-order valence-corrected chi connectivity index (χ4v) is 1.77. The predicted octanol–water partition coefficient (Wildman–Crippen LogP) is 0.372. The molecule has 1 rings (SSSR count). The summed E-state index contributed by atoms with van der Waals surface area (Å²) >= 11 is 0. The summed E-state index contributed by atoms with van der Waals surface area (Å²) in [4.78, 5) is 24.0. The zero-order valence-corrected chi connectivity index (χ0v) is 9.49. The highest BCUT2D eigenvalue weighted by atomic mass is 16.4. The number of aliphatic carboxylic acids is 1. The van der Waals surface area contributed by atoms with Gasteiger partial charge >= 0.3 is 12.0 Å². The van der Waals surface area contributed by atoms with E-state index in [0.717, 1.165) is 0 Å². The third kappa shape index (κ3) is 2.89. The molecule has 0 saturated carbocycles. The lowest BCUT2D eigenvalue weighted by molar-refractivity contribution is -0.142. The van der Waals surface area contributed by atoms with E-state index in [0.29, 0.717) is 13.1 Å². The zero-order chi connectivity index (χ0) is 12.1. The third-order valence-electron chi connectivity index (χ3n) is 2.72. The lowest BCUT2D eigenvalue weighted by Gasteiger charge is -2.15. The minimum Gasteiger partial charge on any atom is -0.481 e. The summed E-state index contributed by atoms with van der Waals surface area (Å²) in [5, 5.41) is 11.5. The molecular formula is C11H16N2O3. The number of carbonyl (C=O) groups excluding carboxylic acids is 1. The molecule has 1 fully saturated rings. The van der Waals surface area contributed by atoms with Crippen LogP contribution in [0.1, 0.15) is 13.8 Å². The van der Waals surface area contributed by atoms with Gasteiger partial charge in [-0.2, -0.15) is 0 Å². The van der Waals surface area contributed by atoms with E-state index in [2.05, 4.69) is 17.2 Å². The summed E-state index contributed by atoms with van der Waals surface area (Å²) in [6.45, 7) is 4.62. The van der Waals surface area contributed by atoms with Gasteiger partial charge in [-0.15, -0.1) is 5.92 Å². The van der Waals surface area contributed by atoms with Gasteiger partial charge < -0.3 is 15.3 Å². The number of amides is 2. The van der Waals surface area contributed by atoms with Crippen molar-refractivity contribution in [1.29, 1.82) is 0 Å². The van der Waals surface area contributed by atoms with Crippen LogP contribution in [0.5, 0.6) is 0 Å². The van der Waals surface area contributed by atoms with E-state index in [9.17, 15) is 9.59 Å². The fourth-order valence-electron chi connectivity index (χ4n) is 1.77. The highest BCUT2D eigenvalue weighted by molar-refractivity contribution is 5.77. The summed E-state index contributed by atoms with van der Waals surface area (Å²) in [7, 11) is 0. The summed E-state index contributed by atoms with van der Waals surface area (Å²) in [6, 6.07) is -0.238. The van der Waals surface area contributed by atoms with Crippen molar-refractivity contribution in [2.45, 2.75) is 13.8 Å². The Morgan fingerprint density at radius 2 is 2.19 bits per heavy atom. The largest absolute Gasteiger partial charge is 0.481 e. The summed E-state index contributed by atoms with van der Waals surface area (Å²) in [5.74, 6) is 4.10. The summed E-state index contributed by atoms with van der Waals surface area (Å²) < 4.78 is 0. The van der Waals surface area contributed by atoms with Gasteiger partial charge in [0.05, 0.1) is 12.5 Å². The fraction of sp³-hybridized carbons (Fsp3) is 0.636. The highest BCUT2D eigenvalue weighted by Crippen LogP contribution is 2.22. The minimum absolute atomic E-state index is 0.000472. The van der Waals surface area contributed by atoms with Crippen LogP contribution < -0.4 is 5.32 Å². The van der Waals surface area contributed by atoms with Gasteiger partial charge in [0.15, 0.2) is 0 Å². The van der Waals surface area contributed by atoms with Crippen molar-refractivity contribution in [3.63, 3.8) is 0 Å². The molecule has 1 heterocycles. The van der Waals surface area contributed by atoms with E-state index in [1.54, 1.807) is 6.92 Å². The average molecular weight is 224 g/mol. The topological polar surface area (TPSA) is 69.6 Å². The molecule has 2 atom stereocenters. The maximum Gasteiger partial charge on any atom is 0.318 e. The van der Waals surface area contributed by atoms with Crippen LogP contribution >= 0.6 is 0 Å². The van der Waals surface area contributed by atoms with Crippen LogP contribution in [0.4, 0.5) is 4.79 Å². The molecule has 0 aliphatic carbocycles. The normalized spacial score (nSPS) is 23.5. The van der Waals surface area contributed by atoms with Gasteiger partial charge in [0.2, 0.25) is 0 Å². The van der Waals surface area contributed by atoms with E-state index < -0.39 is 11.9 Å². The number of urea groups is 1. The standard InChI is InChI=1S/C11H16N2O3/c1-3-4-5-12-11(16)13-6-8(2)9(7-13)10(14)15/h8-9H,5-7H2,1-2H3,(H,12,16)(H,14,15). The second-order valence-corrected chi connectivity index (χ2v) is 3.91. The molecule has 0 aromatic heterocycles. The van der Waals surface area contributed by atoms with Crippen molar-refractivity contribution in [2.75, 3.05) is 19.6 Å². The molecule has 0 bridgehead atoms. The Kier molecular flexibility index (Phi) is 4.18. The molecule has 5 nitrogen and oxygen atoms in total. The van der Waals surface area contributed by atoms with Crippen molar-refractivity contribution in [2.24, 2.45) is 11.8 Å². The van der Waals surface area contributed by atoms with Gasteiger partial charge in [-0.3, -0.25) is 4.79 Å². The SMILES string of the molecule is CC#CCNC(=O)N1CC(C)C(C(=O)O)C1. The number of nitrogens with one attached hydrogen (secondary N) is 1. The molecule has 5 heteroatoms. The maximum absolute atomic E-state index is 11.6. The Bertz CT molecular complexity index is 343. The first-order chi connectivity index (χ1) is 7.56. The first-order valence-corrected chi connectivity index (χ1v) is 5.21. The van der Waals surface area contributed by atoms with Crippen molar-refractivity contribution in [3.8, 4) is 11.8 Å². The lowest BCUT2D eigenvalue weighted by atomic mass is 9.99. The van der Waals surface area contributed by atoms with E-state index in [-0.39, 0.29) is 18.5 Å². The van der Waals surface area contributed by atoms with Crippen LogP contribution in [0, 0.1) is 23.7 Å². The van der Waals surface area contributed by atoms with Gasteiger partial charge in [0, 0.05) is 13.1 Å². The van der Waals surface area contributed by atoms with E-state index in [4.69, 9.17) is 5.11 Å². The average Bonchev–Trinajstić information content (AvgIpc) is 2.60. The number of nitrogens with zero attached hydrogens (tertiary/aromatic N) is 1. The van der Waals surface area contributed by atoms with Gasteiger partial charge in [0.25, 0.3) is 0 Å². The first kappa shape index (κ1) is 12.4. The Labute approximate surface area is 94.8 Å². The molecule has 88 valence electrons. The summed E-state index contributed by atoms with van der Waals surface area (Å²) in [6.07, 6.45) is 0. The van der Waals surface area contributed by atoms with Crippen LogP contribution in [0.25, 0.3) is 0 Å². The predicted molar refractivity (Wildman–Crippen MR) is 58.7 cm³/mol. The number of hydrogen-bond donors (Lipinski definition) is 2. The molecule has 2 N–H and O–H groups in total. The molecule has 0 radical (unpaired) electrons. The number of likely N-dealkylation sites (tertiary alicyclic amines) is 1. The van der Waals surface area contributed by atoms with Gasteiger partial charge in [-0.1, -0.05) is 12.8 Å². The number of carboxylic acids is 1. The van der Waals surface area contributed by atoms with Crippen LogP contribution in [-0.4, -0.2) is 41.6 Å². The van der Waals surface area contributed by atoms with Gasteiger partial charge in [0.1, 0.15) is 0 Å². The molecule has 1 saturated heterocycles. The van der Waals surface area contributed by atoms with Crippen molar-refractivity contribution in [3.05, 3.63) is 0 Å². The van der Waals surface area contributed by atoms with E-state index in [1.807, 2.05) is 6.92 Å². The van der Waals surface area contributed by atoms with Crippen molar-refractivity contribution in [1.82, 2.24) is 10.2 Å². The minimum atomic E-state index is -0.837. The Hall–Kier alpha value is -1.70. The van der Waals surface area contributed by atoms with E-state index in [1.165, 1.54) is 4.90 Å². The van der Waals surface area contributed by atoms with Crippen molar-refractivity contribution >= 4 is 12.0 Å². The maximum atomic E-state index is 11.6. The Morgan fingerprint density at radius 1 is 1.50 bits per heavy atom. The quantitative estimate of drug-likeness (QED) is 0.666. The highest BCUT2D eigenvalue weighted by Gasteiger charge is 2.36. The molecule has 1 aliphatic rings. The number of hydrogen-bond acceptors (Lipinski definition) is 2. The van der Waals surface area contributed by atoms with Crippen LogP contribution in [0.2, 0.25) is 0 Å². The lowest BCUT2D eigenvalue weighted by Crippen LogP contribution is -2.39. The molecule has 16 heavy (non-hydrogen) atoms. The molecule has 2 unspecified atom stereocenters. The Balaban J connectivity index is 2.47. The number of carboxylic acid groups (broad SMARTS) is 1. The molecule has 1 aliphatic heterocycles. The number of carbonyl (C=O) groups is 2. The van der Waals surface area contributed by atoms with Gasteiger partial charge in [-0.05, 0) is 12.8 Å². The second-order valence-electron chi connectivity index (χ2n) is 3.91. The zero-order valence-electron chi connectivity index (χ0n) is 9.49. The van der Waals surface area contributed by atoms with Gasteiger partial charge in [-0.25, -0.2) is 4.79 Å². The van der Waals surface area contributed by atoms with Crippen LogP contribution in [0.15, 0.2) is 0 Å². The smallest absolute Gasteiger partial charge is 0.318 e. The Morgan fingerprint density at radius 3 is 2.69 bits per heavy atom. The van der Waals surface area contributed by atoms with Crippen LogP contribution in [-0.2, 0) is 4.79 Å². The molecule has 0 aromatic carbocycles. The first-order valence-electron chi connectivity index (χ1n) is 5.21. The van der Waals surface area contributed by atoms with Crippen LogP contribution in [0.3, 0.4) is 0 Å². The molecular weight excluding hydrogens is 208 g/mol. The van der Waals surface area contributed by atoms with E-state index >= 15 is 0 Å². The molecule has 0 spiro atoms.